The summed E-state index contributed by atoms with van der Waals surface area (Å²) in [5.74, 6) is -0.616. The maximum absolute atomic E-state index is 11.8. The van der Waals surface area contributed by atoms with Crippen LogP contribution >= 0.6 is 0 Å². The van der Waals surface area contributed by atoms with E-state index in [1.807, 2.05) is 19.9 Å². The van der Waals surface area contributed by atoms with Crippen molar-refractivity contribution < 1.29 is 17.9 Å². The largest absolute Gasteiger partial charge is 0.468 e. The van der Waals surface area contributed by atoms with Gasteiger partial charge < -0.3 is 4.74 Å². The monoisotopic (exact) mass is 259 g/mol. The van der Waals surface area contributed by atoms with Gasteiger partial charge in [-0.05, 0) is 17.9 Å². The van der Waals surface area contributed by atoms with Crippen molar-refractivity contribution in [3.8, 4) is 0 Å². The van der Waals surface area contributed by atoms with Crippen LogP contribution in [0.3, 0.4) is 0 Å². The fraction of sp³-hybridized carbons (Fsp3) is 0.545. The molecule has 0 amide bonds. The molecule has 0 heterocycles. The van der Waals surface area contributed by atoms with Gasteiger partial charge in [0.15, 0.2) is 0 Å². The zero-order valence-electron chi connectivity index (χ0n) is 10.2. The Labute approximate surface area is 102 Å². The van der Waals surface area contributed by atoms with E-state index in [1.54, 1.807) is 12.2 Å². The topological polar surface area (TPSA) is 72.5 Å². The van der Waals surface area contributed by atoms with Crippen LogP contribution in [0.1, 0.15) is 20.3 Å². The highest BCUT2D eigenvalue weighted by Crippen LogP contribution is 2.29. The molecule has 6 heteroatoms. The normalized spacial score (nSPS) is 18.6. The lowest BCUT2D eigenvalue weighted by molar-refractivity contribution is -0.139. The molecule has 0 radical (unpaired) electrons. The molecule has 0 aromatic rings. The van der Waals surface area contributed by atoms with Crippen molar-refractivity contribution >= 4 is 16.0 Å². The average Bonchev–Trinajstić information content (AvgIpc) is 2.25. The van der Waals surface area contributed by atoms with Crippen LogP contribution in [0.5, 0.6) is 0 Å². The number of carbonyl (C=O) groups is 1. The lowest BCUT2D eigenvalue weighted by atomic mass is 9.86. The molecule has 0 aromatic heterocycles. The Hall–Kier alpha value is -1.14. The van der Waals surface area contributed by atoms with Crippen molar-refractivity contribution in [2.45, 2.75) is 20.3 Å². The highest BCUT2D eigenvalue weighted by molar-refractivity contribution is 7.93. The maximum Gasteiger partial charge on any atom is 0.320 e. The van der Waals surface area contributed by atoms with Gasteiger partial charge in [-0.1, -0.05) is 26.0 Å². The molecular weight excluding hydrogens is 242 g/mol. The minimum Gasteiger partial charge on any atom is -0.468 e. The second-order valence-corrected chi connectivity index (χ2v) is 6.30. The molecule has 0 atom stereocenters. The van der Waals surface area contributed by atoms with Crippen molar-refractivity contribution in [2.24, 2.45) is 5.41 Å². The fourth-order valence-corrected chi connectivity index (χ4v) is 2.34. The Morgan fingerprint density at radius 1 is 1.53 bits per heavy atom. The van der Waals surface area contributed by atoms with Crippen molar-refractivity contribution in [3.63, 3.8) is 0 Å². The third-order valence-electron chi connectivity index (χ3n) is 2.47. The zero-order chi connectivity index (χ0) is 13.1. The predicted molar refractivity (Wildman–Crippen MR) is 64.6 cm³/mol. The molecule has 0 bridgehead atoms. The highest BCUT2D eigenvalue weighted by atomic mass is 32.2. The first kappa shape index (κ1) is 13.9. The van der Waals surface area contributed by atoms with Gasteiger partial charge in [0.05, 0.1) is 12.0 Å². The van der Waals surface area contributed by atoms with E-state index in [2.05, 4.69) is 9.46 Å². The van der Waals surface area contributed by atoms with Crippen LogP contribution < -0.4 is 4.72 Å². The summed E-state index contributed by atoms with van der Waals surface area (Å²) in [7, 11) is -2.41. The number of rotatable bonds is 4. The van der Waals surface area contributed by atoms with Crippen molar-refractivity contribution in [2.75, 3.05) is 13.7 Å². The lowest BCUT2D eigenvalue weighted by Gasteiger charge is -2.22. The number of hydrogen-bond acceptors (Lipinski definition) is 4. The molecule has 0 saturated carbocycles. The third-order valence-corrected chi connectivity index (χ3v) is 3.92. The van der Waals surface area contributed by atoms with Crippen molar-refractivity contribution in [1.29, 1.82) is 0 Å². The van der Waals surface area contributed by atoms with E-state index < -0.39 is 16.0 Å². The number of esters is 1. The van der Waals surface area contributed by atoms with Gasteiger partial charge in [0.1, 0.15) is 6.54 Å². The molecule has 0 aromatic carbocycles. The van der Waals surface area contributed by atoms with E-state index in [9.17, 15) is 13.2 Å². The second kappa shape index (κ2) is 5.01. The van der Waals surface area contributed by atoms with E-state index in [1.165, 1.54) is 7.11 Å². The van der Waals surface area contributed by atoms with Gasteiger partial charge >= 0.3 is 5.97 Å². The third kappa shape index (κ3) is 3.98. The number of sulfonamides is 1. The summed E-state index contributed by atoms with van der Waals surface area (Å²) in [5, 5.41) is 0. The summed E-state index contributed by atoms with van der Waals surface area (Å²) in [5.41, 5.74) is -0.0264. The van der Waals surface area contributed by atoms with Gasteiger partial charge in [0, 0.05) is 0 Å². The Kier molecular flexibility index (Phi) is 4.11. The Morgan fingerprint density at radius 3 is 2.65 bits per heavy atom. The van der Waals surface area contributed by atoms with Crippen LogP contribution in [0, 0.1) is 5.41 Å². The molecule has 0 saturated heterocycles. The van der Waals surface area contributed by atoms with Gasteiger partial charge in [0.2, 0.25) is 10.0 Å². The summed E-state index contributed by atoms with van der Waals surface area (Å²) in [6.07, 6.45) is 5.71. The van der Waals surface area contributed by atoms with Crippen LogP contribution in [0.25, 0.3) is 0 Å². The molecular formula is C11H17NO4S. The fourth-order valence-electron chi connectivity index (χ4n) is 1.32. The Bertz CT molecular complexity index is 460. The van der Waals surface area contributed by atoms with Gasteiger partial charge in [-0.25, -0.2) is 8.42 Å². The predicted octanol–water partition coefficient (Wildman–Crippen LogP) is 0.949. The van der Waals surface area contributed by atoms with E-state index in [-0.39, 0.29) is 16.9 Å². The Morgan fingerprint density at radius 2 is 2.18 bits per heavy atom. The molecule has 1 rings (SSSR count). The second-order valence-electron chi connectivity index (χ2n) is 4.53. The number of carbonyl (C=O) groups excluding carboxylic acids is 1. The number of hydrogen-bond donors (Lipinski definition) is 1. The van der Waals surface area contributed by atoms with E-state index in [0.29, 0.717) is 6.42 Å². The summed E-state index contributed by atoms with van der Waals surface area (Å²) in [4.78, 5) is 11.1. The summed E-state index contributed by atoms with van der Waals surface area (Å²) >= 11 is 0. The zero-order valence-corrected chi connectivity index (χ0v) is 11.0. The summed E-state index contributed by atoms with van der Waals surface area (Å²) < 4.78 is 30.1. The highest BCUT2D eigenvalue weighted by Gasteiger charge is 2.23. The maximum atomic E-state index is 11.8. The van der Waals surface area contributed by atoms with Crippen LogP contribution in [0.15, 0.2) is 23.1 Å². The van der Waals surface area contributed by atoms with Gasteiger partial charge in [0.25, 0.3) is 0 Å². The molecule has 0 spiro atoms. The van der Waals surface area contributed by atoms with E-state index in [0.717, 1.165) is 0 Å². The summed E-state index contributed by atoms with van der Waals surface area (Å²) in [6.45, 7) is 3.68. The molecule has 0 unspecified atom stereocenters. The number of nitrogens with one attached hydrogen (secondary N) is 1. The van der Waals surface area contributed by atoms with Crippen LogP contribution in [-0.2, 0) is 19.6 Å². The Balaban J connectivity index is 2.71. The first-order valence-corrected chi connectivity index (χ1v) is 6.71. The molecule has 5 nitrogen and oxygen atoms in total. The van der Waals surface area contributed by atoms with Crippen molar-refractivity contribution in [1.82, 2.24) is 4.72 Å². The minimum absolute atomic E-state index is 0.0264. The SMILES string of the molecule is COC(=O)CNS(=O)(=O)C1=CCC(C)(C)C=C1. The van der Waals surface area contributed by atoms with E-state index >= 15 is 0 Å². The molecule has 17 heavy (non-hydrogen) atoms. The van der Waals surface area contributed by atoms with Crippen LogP contribution in [0.2, 0.25) is 0 Å². The summed E-state index contributed by atoms with van der Waals surface area (Å²) in [6, 6.07) is 0. The quantitative estimate of drug-likeness (QED) is 0.763. The van der Waals surface area contributed by atoms with E-state index in [4.69, 9.17) is 0 Å². The first-order valence-electron chi connectivity index (χ1n) is 5.23. The van der Waals surface area contributed by atoms with Gasteiger partial charge in [-0.15, -0.1) is 0 Å². The van der Waals surface area contributed by atoms with Gasteiger partial charge in [-0.3, -0.25) is 4.79 Å². The standard InChI is InChI=1S/C11H17NO4S/c1-11(2)6-4-9(5-7-11)17(14,15)12-8-10(13)16-3/h4-6,12H,7-8H2,1-3H3. The lowest BCUT2D eigenvalue weighted by Crippen LogP contribution is -2.31. The minimum atomic E-state index is -3.62. The van der Waals surface area contributed by atoms with Crippen molar-refractivity contribution in [3.05, 3.63) is 23.1 Å². The average molecular weight is 259 g/mol. The van der Waals surface area contributed by atoms with Gasteiger partial charge in [-0.2, -0.15) is 4.72 Å². The smallest absolute Gasteiger partial charge is 0.320 e. The molecule has 0 fully saturated rings. The molecule has 1 aliphatic rings. The molecule has 0 aliphatic heterocycles. The molecule has 96 valence electrons. The first-order chi connectivity index (χ1) is 7.77. The molecule has 1 aliphatic carbocycles. The molecule has 1 N–H and O–H groups in total. The van der Waals surface area contributed by atoms with Crippen LogP contribution in [0.4, 0.5) is 0 Å². The van der Waals surface area contributed by atoms with Crippen LogP contribution in [-0.4, -0.2) is 28.0 Å². The number of allylic oxidation sites excluding steroid dienone is 3. The number of methoxy groups -OCH3 is 1. The number of ether oxygens (including phenoxy) is 1.